The predicted octanol–water partition coefficient (Wildman–Crippen LogP) is 3.87. The van der Waals surface area contributed by atoms with Crippen LogP contribution in [0.1, 0.15) is 5.56 Å². The lowest BCUT2D eigenvalue weighted by Gasteiger charge is -2.14. The topological polar surface area (TPSA) is 64.3 Å². The van der Waals surface area contributed by atoms with Gasteiger partial charge in [0.1, 0.15) is 23.3 Å². The van der Waals surface area contributed by atoms with Gasteiger partial charge in [0.05, 0.1) is 18.3 Å². The van der Waals surface area contributed by atoms with Crippen molar-refractivity contribution in [1.82, 2.24) is 9.55 Å². The molecule has 4 aromatic rings. The molecular formula is C22H20N2O3S. The first kappa shape index (κ1) is 18.4. The number of nitrogens with zero attached hydrogens (tertiary/aromatic N) is 2. The van der Waals surface area contributed by atoms with Crippen molar-refractivity contribution in [3.63, 3.8) is 0 Å². The van der Waals surface area contributed by atoms with Gasteiger partial charge in [0.15, 0.2) is 0 Å². The van der Waals surface area contributed by atoms with E-state index in [2.05, 4.69) is 4.98 Å². The molecule has 0 spiro atoms. The van der Waals surface area contributed by atoms with Crippen LogP contribution < -0.4 is 10.3 Å². The molecule has 142 valence electrons. The van der Waals surface area contributed by atoms with E-state index in [1.807, 2.05) is 66.9 Å². The zero-order valence-corrected chi connectivity index (χ0v) is 16.2. The highest BCUT2D eigenvalue weighted by Crippen LogP contribution is 2.30. The molecule has 0 radical (unpaired) electrons. The number of aromatic nitrogens is 2. The molecular weight excluding hydrogens is 372 g/mol. The largest absolute Gasteiger partial charge is 0.491 e. The van der Waals surface area contributed by atoms with Gasteiger partial charge < -0.3 is 9.84 Å². The summed E-state index contributed by atoms with van der Waals surface area (Å²) in [5, 5.41) is 12.9. The minimum Gasteiger partial charge on any atom is -0.491 e. The zero-order valence-electron chi connectivity index (χ0n) is 15.4. The van der Waals surface area contributed by atoms with Gasteiger partial charge in [-0.05, 0) is 24.6 Å². The summed E-state index contributed by atoms with van der Waals surface area (Å²) in [4.78, 5) is 18.1. The van der Waals surface area contributed by atoms with Crippen molar-refractivity contribution in [2.24, 2.45) is 0 Å². The third-order valence-corrected chi connectivity index (χ3v) is 5.40. The Balaban J connectivity index is 1.58. The zero-order chi connectivity index (χ0) is 19.5. The van der Waals surface area contributed by atoms with Crippen molar-refractivity contribution in [2.75, 3.05) is 6.61 Å². The van der Waals surface area contributed by atoms with Crippen molar-refractivity contribution >= 4 is 21.6 Å². The molecule has 1 unspecified atom stereocenters. The molecule has 0 aliphatic carbocycles. The SMILES string of the molecule is Cc1ccc(-c2csc3ncn(CC(O)COc4ccccc4)c(=O)c23)cc1. The molecule has 5 nitrogen and oxygen atoms in total. The van der Waals surface area contributed by atoms with Crippen LogP contribution in [0.25, 0.3) is 21.3 Å². The van der Waals surface area contributed by atoms with E-state index >= 15 is 0 Å². The summed E-state index contributed by atoms with van der Waals surface area (Å²) in [5.74, 6) is 0.682. The highest BCUT2D eigenvalue weighted by Gasteiger charge is 2.15. The van der Waals surface area contributed by atoms with Crippen molar-refractivity contribution in [1.29, 1.82) is 0 Å². The summed E-state index contributed by atoms with van der Waals surface area (Å²) >= 11 is 1.45. The van der Waals surface area contributed by atoms with E-state index in [1.165, 1.54) is 27.8 Å². The van der Waals surface area contributed by atoms with E-state index in [-0.39, 0.29) is 18.7 Å². The molecule has 2 heterocycles. The maximum atomic E-state index is 13.0. The van der Waals surface area contributed by atoms with Gasteiger partial charge >= 0.3 is 0 Å². The van der Waals surface area contributed by atoms with E-state index in [9.17, 15) is 9.90 Å². The number of benzene rings is 2. The number of aliphatic hydroxyl groups excluding tert-OH is 1. The summed E-state index contributed by atoms with van der Waals surface area (Å²) in [5.41, 5.74) is 2.88. The number of thiophene rings is 1. The maximum absolute atomic E-state index is 13.0. The van der Waals surface area contributed by atoms with E-state index in [0.717, 1.165) is 11.1 Å². The molecule has 28 heavy (non-hydrogen) atoms. The second-order valence-electron chi connectivity index (χ2n) is 6.68. The molecule has 1 N–H and O–H groups in total. The van der Waals surface area contributed by atoms with E-state index in [0.29, 0.717) is 16.0 Å². The van der Waals surface area contributed by atoms with Crippen molar-refractivity contribution in [3.05, 3.63) is 82.2 Å². The fraction of sp³-hybridized carbons (Fsp3) is 0.182. The Morgan fingerprint density at radius 1 is 1.14 bits per heavy atom. The molecule has 6 heteroatoms. The Labute approximate surface area is 166 Å². The van der Waals surface area contributed by atoms with Crippen LogP contribution in [0.3, 0.4) is 0 Å². The lowest BCUT2D eigenvalue weighted by molar-refractivity contribution is 0.0915. The number of aliphatic hydroxyl groups is 1. The number of aryl methyl sites for hydroxylation is 1. The van der Waals surface area contributed by atoms with E-state index < -0.39 is 6.10 Å². The van der Waals surface area contributed by atoms with Crippen LogP contribution in [0.5, 0.6) is 5.75 Å². The van der Waals surface area contributed by atoms with Gasteiger partial charge in [-0.1, -0.05) is 48.0 Å². The molecule has 0 saturated heterocycles. The molecule has 0 saturated carbocycles. The Bertz CT molecular complexity index is 1130. The predicted molar refractivity (Wildman–Crippen MR) is 112 cm³/mol. The van der Waals surface area contributed by atoms with Crippen LogP contribution in [-0.2, 0) is 6.54 Å². The minimum absolute atomic E-state index is 0.100. The molecule has 4 rings (SSSR count). The smallest absolute Gasteiger partial charge is 0.262 e. The monoisotopic (exact) mass is 392 g/mol. The van der Waals surface area contributed by atoms with Crippen LogP contribution in [0.15, 0.2) is 71.1 Å². The Hall–Kier alpha value is -2.96. The fourth-order valence-electron chi connectivity index (χ4n) is 3.03. The number of para-hydroxylation sites is 1. The Morgan fingerprint density at radius 3 is 2.64 bits per heavy atom. The molecule has 0 bridgehead atoms. The van der Waals surface area contributed by atoms with Gasteiger partial charge in [0.2, 0.25) is 0 Å². The van der Waals surface area contributed by atoms with Crippen LogP contribution in [-0.4, -0.2) is 27.4 Å². The number of hydrogen-bond donors (Lipinski definition) is 1. The standard InChI is InChI=1S/C22H20N2O3S/c1-15-7-9-16(10-8-15)19-13-28-21-20(19)22(26)24(14-23-21)11-17(25)12-27-18-5-3-2-4-6-18/h2-10,13-14,17,25H,11-12H2,1H3. The lowest BCUT2D eigenvalue weighted by atomic mass is 10.1. The molecule has 0 fully saturated rings. The average Bonchev–Trinajstić information content (AvgIpc) is 3.15. The highest BCUT2D eigenvalue weighted by atomic mass is 32.1. The minimum atomic E-state index is -0.821. The first-order chi connectivity index (χ1) is 13.6. The normalized spacial score (nSPS) is 12.2. The van der Waals surface area contributed by atoms with E-state index in [4.69, 9.17) is 4.74 Å². The first-order valence-electron chi connectivity index (χ1n) is 9.01. The molecule has 1 atom stereocenters. The number of hydrogen-bond acceptors (Lipinski definition) is 5. The van der Waals surface area contributed by atoms with Gasteiger partial charge in [-0.25, -0.2) is 4.98 Å². The van der Waals surface area contributed by atoms with E-state index in [1.54, 1.807) is 0 Å². The molecule has 0 aliphatic heterocycles. The summed E-state index contributed by atoms with van der Waals surface area (Å²) < 4.78 is 7.02. The van der Waals surface area contributed by atoms with Gasteiger partial charge in [-0.15, -0.1) is 11.3 Å². The molecule has 2 aromatic heterocycles. The van der Waals surface area contributed by atoms with Crippen LogP contribution in [0, 0.1) is 6.92 Å². The highest BCUT2D eigenvalue weighted by molar-refractivity contribution is 7.17. The third-order valence-electron chi connectivity index (χ3n) is 4.52. The van der Waals surface area contributed by atoms with Crippen molar-refractivity contribution < 1.29 is 9.84 Å². The van der Waals surface area contributed by atoms with Gasteiger partial charge in [-0.2, -0.15) is 0 Å². The van der Waals surface area contributed by atoms with Gasteiger partial charge in [-0.3, -0.25) is 9.36 Å². The lowest BCUT2D eigenvalue weighted by Crippen LogP contribution is -2.30. The quantitative estimate of drug-likeness (QED) is 0.541. The van der Waals surface area contributed by atoms with Crippen LogP contribution in [0.4, 0.5) is 0 Å². The fourth-order valence-corrected chi connectivity index (χ4v) is 3.94. The van der Waals surface area contributed by atoms with Gasteiger partial charge in [0.25, 0.3) is 5.56 Å². The second-order valence-corrected chi connectivity index (χ2v) is 7.53. The molecule has 2 aromatic carbocycles. The summed E-state index contributed by atoms with van der Waals surface area (Å²) in [7, 11) is 0. The summed E-state index contributed by atoms with van der Waals surface area (Å²) in [6.45, 7) is 2.25. The maximum Gasteiger partial charge on any atom is 0.262 e. The number of fused-ring (bicyclic) bond motifs is 1. The average molecular weight is 392 g/mol. The number of rotatable bonds is 6. The molecule has 0 amide bonds. The Kier molecular flexibility index (Phi) is 5.23. The molecule has 0 aliphatic rings. The number of ether oxygens (including phenoxy) is 1. The van der Waals surface area contributed by atoms with Gasteiger partial charge in [0, 0.05) is 10.9 Å². The first-order valence-corrected chi connectivity index (χ1v) is 9.89. The second kappa shape index (κ2) is 7.96. The summed E-state index contributed by atoms with van der Waals surface area (Å²) in [6, 6.07) is 17.4. The Morgan fingerprint density at radius 2 is 1.89 bits per heavy atom. The summed E-state index contributed by atoms with van der Waals surface area (Å²) in [6.07, 6.45) is 0.671. The van der Waals surface area contributed by atoms with Crippen LogP contribution >= 0.6 is 11.3 Å². The van der Waals surface area contributed by atoms with Crippen molar-refractivity contribution in [2.45, 2.75) is 19.6 Å². The third kappa shape index (κ3) is 3.83. The van der Waals surface area contributed by atoms with Crippen LogP contribution in [0.2, 0.25) is 0 Å². The van der Waals surface area contributed by atoms with Crippen molar-refractivity contribution in [3.8, 4) is 16.9 Å².